The second-order valence-electron chi connectivity index (χ2n) is 6.43. The zero-order chi connectivity index (χ0) is 14.6. The summed E-state index contributed by atoms with van der Waals surface area (Å²) in [6, 6.07) is 11.9. The molecule has 106 valence electrons. The third-order valence-corrected chi connectivity index (χ3v) is 5.46. The molecule has 4 nitrogen and oxygen atoms in total. The highest BCUT2D eigenvalue weighted by molar-refractivity contribution is 6.06. The quantitative estimate of drug-likeness (QED) is 0.778. The molecular formula is C17H16N2O2. The first kappa shape index (κ1) is 12.6. The molecule has 0 radical (unpaired) electrons. The number of benzene rings is 1. The Bertz CT molecular complexity index is 649. The smallest absolute Gasteiger partial charge is 0.233 e. The van der Waals surface area contributed by atoms with E-state index < -0.39 is 0 Å². The van der Waals surface area contributed by atoms with Crippen LogP contribution < -0.4 is 0 Å². The van der Waals surface area contributed by atoms with Crippen molar-refractivity contribution >= 4 is 11.8 Å². The van der Waals surface area contributed by atoms with Crippen molar-refractivity contribution < 1.29 is 9.59 Å². The van der Waals surface area contributed by atoms with E-state index in [0.717, 1.165) is 18.4 Å². The summed E-state index contributed by atoms with van der Waals surface area (Å²) in [5.74, 6) is -0.159. The number of hydrogen-bond acceptors (Lipinski definition) is 3. The number of carbonyl (C=O) groups excluding carboxylic acids is 2. The van der Waals surface area contributed by atoms with E-state index in [1.54, 1.807) is 0 Å². The van der Waals surface area contributed by atoms with Gasteiger partial charge >= 0.3 is 0 Å². The Labute approximate surface area is 123 Å². The Kier molecular flexibility index (Phi) is 2.65. The molecule has 2 aliphatic carbocycles. The van der Waals surface area contributed by atoms with Gasteiger partial charge in [-0.15, -0.1) is 0 Å². The number of imide groups is 1. The van der Waals surface area contributed by atoms with E-state index in [1.165, 1.54) is 4.90 Å². The van der Waals surface area contributed by atoms with Crippen molar-refractivity contribution in [3.8, 4) is 6.07 Å². The van der Waals surface area contributed by atoms with Crippen molar-refractivity contribution in [2.75, 3.05) is 0 Å². The fraction of sp³-hybridized carbons (Fsp3) is 0.471. The van der Waals surface area contributed by atoms with Gasteiger partial charge in [0.1, 0.15) is 0 Å². The second-order valence-corrected chi connectivity index (χ2v) is 6.43. The highest BCUT2D eigenvalue weighted by Gasteiger charge is 2.63. The summed E-state index contributed by atoms with van der Waals surface area (Å²) in [5.41, 5.74) is 0.975. The molecule has 4 rings (SSSR count). The van der Waals surface area contributed by atoms with Crippen LogP contribution in [0.4, 0.5) is 0 Å². The van der Waals surface area contributed by atoms with Crippen LogP contribution in [0.3, 0.4) is 0 Å². The Morgan fingerprint density at radius 3 is 2.52 bits per heavy atom. The summed E-state index contributed by atoms with van der Waals surface area (Å²) in [6.45, 7) is 0.363. The number of likely N-dealkylation sites (tertiary alicyclic amines) is 1. The molecular weight excluding hydrogens is 264 g/mol. The van der Waals surface area contributed by atoms with Crippen molar-refractivity contribution in [3.05, 3.63) is 35.9 Å². The average molecular weight is 280 g/mol. The van der Waals surface area contributed by atoms with Gasteiger partial charge in [0.25, 0.3) is 0 Å². The molecule has 1 heterocycles. The normalized spacial score (nSPS) is 36.9. The second kappa shape index (κ2) is 4.42. The van der Waals surface area contributed by atoms with Crippen LogP contribution in [-0.2, 0) is 16.1 Å². The summed E-state index contributed by atoms with van der Waals surface area (Å²) in [4.78, 5) is 26.7. The molecule has 4 heteroatoms. The molecule has 0 unspecified atom stereocenters. The zero-order valence-electron chi connectivity index (χ0n) is 11.6. The lowest BCUT2D eigenvalue weighted by molar-refractivity contribution is -0.141. The van der Waals surface area contributed by atoms with E-state index in [1.807, 2.05) is 30.3 Å². The third-order valence-electron chi connectivity index (χ3n) is 5.46. The maximum atomic E-state index is 12.6. The summed E-state index contributed by atoms with van der Waals surface area (Å²) in [7, 11) is 0. The SMILES string of the molecule is N#C[C@@H]1C[C@@H]2C[C@H]1[C@H]1C(=O)N(Cc3ccccc3)C(=O)[C@@H]21. The Hall–Kier alpha value is -2.15. The number of carbonyl (C=O) groups is 2. The van der Waals surface area contributed by atoms with Crippen LogP contribution in [0, 0.1) is 40.9 Å². The lowest BCUT2D eigenvalue weighted by Gasteiger charge is -2.23. The number of amides is 2. The van der Waals surface area contributed by atoms with Crippen LogP contribution in [-0.4, -0.2) is 16.7 Å². The summed E-state index contributed by atoms with van der Waals surface area (Å²) in [5, 5.41) is 9.20. The van der Waals surface area contributed by atoms with Gasteiger partial charge in [-0.05, 0) is 30.2 Å². The Morgan fingerprint density at radius 1 is 1.10 bits per heavy atom. The Balaban J connectivity index is 1.61. The van der Waals surface area contributed by atoms with E-state index >= 15 is 0 Å². The fourth-order valence-electron chi connectivity index (χ4n) is 4.59. The molecule has 2 amide bonds. The minimum Gasteiger partial charge on any atom is -0.278 e. The van der Waals surface area contributed by atoms with Gasteiger partial charge < -0.3 is 0 Å². The summed E-state index contributed by atoms with van der Waals surface area (Å²) in [6.07, 6.45) is 1.67. The minimum absolute atomic E-state index is 0.0160. The molecule has 0 spiro atoms. The van der Waals surface area contributed by atoms with Crippen LogP contribution in [0.25, 0.3) is 0 Å². The van der Waals surface area contributed by atoms with Crippen molar-refractivity contribution in [2.24, 2.45) is 29.6 Å². The molecule has 1 saturated heterocycles. The zero-order valence-corrected chi connectivity index (χ0v) is 11.6. The first-order chi connectivity index (χ1) is 10.2. The molecule has 5 atom stereocenters. The van der Waals surface area contributed by atoms with Gasteiger partial charge in [0.2, 0.25) is 11.8 Å². The molecule has 0 aromatic heterocycles. The van der Waals surface area contributed by atoms with Gasteiger partial charge in [0.15, 0.2) is 0 Å². The maximum absolute atomic E-state index is 12.6. The van der Waals surface area contributed by atoms with Gasteiger partial charge in [-0.2, -0.15) is 5.26 Å². The standard InChI is InChI=1S/C17H16N2O2/c18-8-12-6-11-7-13(12)15-14(11)16(20)19(17(15)21)9-10-4-2-1-3-5-10/h1-5,11-15H,6-7,9H2/t11-,12+,13-,14+,15-/m1/s1. The Morgan fingerprint density at radius 2 is 1.81 bits per heavy atom. The molecule has 21 heavy (non-hydrogen) atoms. The molecule has 0 N–H and O–H groups in total. The first-order valence-corrected chi connectivity index (χ1v) is 7.49. The van der Waals surface area contributed by atoms with Crippen LogP contribution in [0.5, 0.6) is 0 Å². The molecule has 1 aliphatic heterocycles. The number of nitrogens with zero attached hydrogens (tertiary/aromatic N) is 2. The van der Waals surface area contributed by atoms with E-state index in [0.29, 0.717) is 6.54 Å². The van der Waals surface area contributed by atoms with Gasteiger partial charge in [-0.3, -0.25) is 14.5 Å². The average Bonchev–Trinajstić information content (AvgIpc) is 3.15. The first-order valence-electron chi connectivity index (χ1n) is 7.49. The predicted molar refractivity (Wildman–Crippen MR) is 74.3 cm³/mol. The highest BCUT2D eigenvalue weighted by Crippen LogP contribution is 2.58. The largest absolute Gasteiger partial charge is 0.278 e. The van der Waals surface area contributed by atoms with Gasteiger partial charge in [-0.25, -0.2) is 0 Å². The lowest BCUT2D eigenvalue weighted by Crippen LogP contribution is -2.32. The van der Waals surface area contributed by atoms with Crippen molar-refractivity contribution in [2.45, 2.75) is 19.4 Å². The summed E-state index contributed by atoms with van der Waals surface area (Å²) >= 11 is 0. The summed E-state index contributed by atoms with van der Waals surface area (Å²) < 4.78 is 0. The highest BCUT2D eigenvalue weighted by atomic mass is 16.2. The lowest BCUT2D eigenvalue weighted by atomic mass is 9.76. The van der Waals surface area contributed by atoms with Gasteiger partial charge in [0.05, 0.1) is 30.4 Å². The van der Waals surface area contributed by atoms with E-state index in [2.05, 4.69) is 6.07 Å². The minimum atomic E-state index is -0.232. The molecule has 2 bridgehead atoms. The van der Waals surface area contributed by atoms with Crippen LogP contribution in [0.15, 0.2) is 30.3 Å². The van der Waals surface area contributed by atoms with E-state index in [9.17, 15) is 14.9 Å². The van der Waals surface area contributed by atoms with Gasteiger partial charge in [-0.1, -0.05) is 30.3 Å². The van der Waals surface area contributed by atoms with Crippen molar-refractivity contribution in [3.63, 3.8) is 0 Å². The van der Waals surface area contributed by atoms with Gasteiger partial charge in [0, 0.05) is 0 Å². The number of rotatable bonds is 2. The number of nitriles is 1. The number of fused-ring (bicyclic) bond motifs is 5. The van der Waals surface area contributed by atoms with Crippen LogP contribution in [0.1, 0.15) is 18.4 Å². The predicted octanol–water partition coefficient (Wildman–Crippen LogP) is 1.97. The third kappa shape index (κ3) is 1.67. The molecule has 1 aromatic rings. The maximum Gasteiger partial charge on any atom is 0.233 e. The monoisotopic (exact) mass is 280 g/mol. The molecule has 1 aromatic carbocycles. The van der Waals surface area contributed by atoms with Crippen molar-refractivity contribution in [1.82, 2.24) is 4.90 Å². The van der Waals surface area contributed by atoms with E-state index in [4.69, 9.17) is 0 Å². The van der Waals surface area contributed by atoms with Crippen molar-refractivity contribution in [1.29, 1.82) is 5.26 Å². The van der Waals surface area contributed by atoms with E-state index in [-0.39, 0.29) is 41.4 Å². The topological polar surface area (TPSA) is 61.2 Å². The molecule has 3 fully saturated rings. The van der Waals surface area contributed by atoms with Crippen LogP contribution >= 0.6 is 0 Å². The molecule has 3 aliphatic rings. The molecule has 2 saturated carbocycles. The number of hydrogen-bond donors (Lipinski definition) is 0. The fourth-order valence-corrected chi connectivity index (χ4v) is 4.59. The van der Waals surface area contributed by atoms with Crippen LogP contribution in [0.2, 0.25) is 0 Å².